The van der Waals surface area contributed by atoms with Crippen LogP contribution in [0.1, 0.15) is 0 Å². The molecule has 0 aliphatic carbocycles. The summed E-state index contributed by atoms with van der Waals surface area (Å²) < 4.78 is 0. The Morgan fingerprint density at radius 2 is 2.15 bits per heavy atom. The third kappa shape index (κ3) is 1.39. The number of rotatable bonds is 1. The summed E-state index contributed by atoms with van der Waals surface area (Å²) >= 11 is 0. The van der Waals surface area contributed by atoms with Gasteiger partial charge >= 0.3 is 0 Å². The average molecular weight is 189 g/mol. The molecule has 0 atom stereocenters. The van der Waals surface area contributed by atoms with Gasteiger partial charge in [0.15, 0.2) is 0 Å². The maximum Gasteiger partial charge on any atom is 0.104 e. The molecule has 1 aromatic carbocycles. The Morgan fingerprint density at radius 1 is 1.38 bits per heavy atom. The van der Waals surface area contributed by atoms with Gasteiger partial charge in [-0.2, -0.15) is 5.10 Å². The third-order valence-corrected chi connectivity index (χ3v) is 3.90. The zero-order valence-electron chi connectivity index (χ0n) is 8.18. The summed E-state index contributed by atoms with van der Waals surface area (Å²) in [4.78, 5) is 0. The number of nitrogens with zero attached hydrogens (tertiary/aromatic N) is 1. The predicted molar refractivity (Wildman–Crippen MR) is 57.9 cm³/mol. The quantitative estimate of drug-likeness (QED) is 0.682. The zero-order chi connectivity index (χ0) is 9.47. The Morgan fingerprint density at radius 3 is 2.85 bits per heavy atom. The van der Waals surface area contributed by atoms with E-state index in [9.17, 15) is 0 Å². The summed E-state index contributed by atoms with van der Waals surface area (Å²) in [6.45, 7) is 6.90. The monoisotopic (exact) mass is 189 g/mol. The molecule has 1 radical (unpaired) electrons. The molecule has 0 aliphatic rings. The van der Waals surface area contributed by atoms with Crippen LogP contribution in [0.3, 0.4) is 0 Å². The molecule has 1 aromatic heterocycles. The highest BCUT2D eigenvalue weighted by Gasteiger charge is 2.21. The Kier molecular flexibility index (Phi) is 1.77. The van der Waals surface area contributed by atoms with Crippen molar-refractivity contribution < 1.29 is 0 Å². The van der Waals surface area contributed by atoms with Gasteiger partial charge in [0.1, 0.15) is 8.07 Å². The maximum absolute atomic E-state index is 4.37. The Labute approximate surface area is 79.0 Å². The molecule has 0 saturated heterocycles. The van der Waals surface area contributed by atoms with Crippen LogP contribution in [0.15, 0.2) is 18.2 Å². The Balaban J connectivity index is 2.72. The lowest BCUT2D eigenvalue weighted by atomic mass is 10.3. The number of H-pyrrole nitrogens is 1. The minimum atomic E-state index is -1.31. The van der Waals surface area contributed by atoms with Crippen molar-refractivity contribution in [3.8, 4) is 0 Å². The highest BCUT2D eigenvalue weighted by Crippen LogP contribution is 2.11. The van der Waals surface area contributed by atoms with E-state index in [2.05, 4.69) is 42.0 Å². The topological polar surface area (TPSA) is 28.7 Å². The largest absolute Gasteiger partial charge is 0.277 e. The first-order valence-electron chi connectivity index (χ1n) is 4.44. The molecule has 0 spiro atoms. The lowest BCUT2D eigenvalue weighted by Gasteiger charge is -2.12. The van der Waals surface area contributed by atoms with Crippen molar-refractivity contribution in [3.63, 3.8) is 0 Å². The zero-order valence-corrected chi connectivity index (χ0v) is 9.18. The molecular formula is C10H13N2Si. The van der Waals surface area contributed by atoms with Crippen LogP contribution in [0.4, 0.5) is 0 Å². The molecule has 0 aliphatic heterocycles. The molecule has 0 amide bonds. The fraction of sp³-hybridized carbons (Fsp3) is 0.300. The van der Waals surface area contributed by atoms with Gasteiger partial charge in [0.05, 0.1) is 10.8 Å². The standard InChI is InChI=1S/C10H13N2Si/c1-13(2,3)10-8-6-4-5-7-9(8)11-12-10/h4-6H,1-3H3,(H,11,12). The molecule has 0 bridgehead atoms. The van der Waals surface area contributed by atoms with E-state index in [0.29, 0.717) is 0 Å². The summed E-state index contributed by atoms with van der Waals surface area (Å²) in [6, 6.07) is 9.19. The van der Waals surface area contributed by atoms with E-state index in [4.69, 9.17) is 0 Å². The van der Waals surface area contributed by atoms with Crippen molar-refractivity contribution in [1.82, 2.24) is 10.2 Å². The number of hydrogen-bond donors (Lipinski definition) is 1. The lowest BCUT2D eigenvalue weighted by Crippen LogP contribution is -2.39. The molecule has 1 heterocycles. The number of para-hydroxylation sites is 1. The lowest BCUT2D eigenvalue weighted by molar-refractivity contribution is 1.14. The summed E-state index contributed by atoms with van der Waals surface area (Å²) in [5.41, 5.74) is 1.03. The van der Waals surface area contributed by atoms with Crippen molar-refractivity contribution in [2.45, 2.75) is 19.6 Å². The molecule has 0 unspecified atom stereocenters. The molecule has 0 fully saturated rings. The SMILES string of the molecule is C[Si](C)(C)c1n[nH]c2[c]cccc12. The molecule has 2 nitrogen and oxygen atoms in total. The summed E-state index contributed by atoms with van der Waals surface area (Å²) in [6.07, 6.45) is 0. The number of aromatic amines is 1. The van der Waals surface area contributed by atoms with Crippen LogP contribution in [-0.4, -0.2) is 18.3 Å². The summed E-state index contributed by atoms with van der Waals surface area (Å²) in [5.74, 6) is 0. The molecule has 0 saturated carbocycles. The second-order valence-electron chi connectivity index (χ2n) is 4.28. The van der Waals surface area contributed by atoms with Gasteiger partial charge in [-0.15, -0.1) is 0 Å². The van der Waals surface area contributed by atoms with Gasteiger partial charge in [-0.25, -0.2) is 0 Å². The first kappa shape index (κ1) is 8.50. The van der Waals surface area contributed by atoms with Crippen LogP contribution in [-0.2, 0) is 0 Å². The highest BCUT2D eigenvalue weighted by molar-refractivity contribution is 6.89. The van der Waals surface area contributed by atoms with Gasteiger partial charge in [-0.1, -0.05) is 37.8 Å². The second-order valence-corrected chi connectivity index (χ2v) is 9.25. The highest BCUT2D eigenvalue weighted by atomic mass is 28.3. The van der Waals surface area contributed by atoms with E-state index in [1.165, 1.54) is 10.7 Å². The van der Waals surface area contributed by atoms with Gasteiger partial charge in [0.2, 0.25) is 0 Å². The minimum absolute atomic E-state index is 1.03. The van der Waals surface area contributed by atoms with Crippen LogP contribution in [0.2, 0.25) is 19.6 Å². The van der Waals surface area contributed by atoms with Crippen LogP contribution in [0.5, 0.6) is 0 Å². The van der Waals surface area contributed by atoms with Gasteiger partial charge in [-0.3, -0.25) is 5.10 Å². The van der Waals surface area contributed by atoms with Crippen molar-refractivity contribution in [1.29, 1.82) is 0 Å². The van der Waals surface area contributed by atoms with E-state index < -0.39 is 8.07 Å². The molecule has 3 heteroatoms. The summed E-state index contributed by atoms with van der Waals surface area (Å²) in [7, 11) is -1.31. The van der Waals surface area contributed by atoms with Gasteiger partial charge in [-0.05, 0) is 0 Å². The van der Waals surface area contributed by atoms with Crippen molar-refractivity contribution >= 4 is 24.3 Å². The molecule has 2 aromatic rings. The van der Waals surface area contributed by atoms with Gasteiger partial charge < -0.3 is 0 Å². The third-order valence-electron chi connectivity index (χ3n) is 2.10. The van der Waals surface area contributed by atoms with Crippen LogP contribution < -0.4 is 5.32 Å². The van der Waals surface area contributed by atoms with E-state index >= 15 is 0 Å². The number of nitrogens with one attached hydrogen (secondary N) is 1. The Hall–Kier alpha value is -1.09. The average Bonchev–Trinajstić information content (AvgIpc) is 2.45. The van der Waals surface area contributed by atoms with Gasteiger partial charge in [0, 0.05) is 11.5 Å². The normalized spacial score (nSPS) is 12.2. The van der Waals surface area contributed by atoms with Gasteiger partial charge in [0.25, 0.3) is 0 Å². The number of fused-ring (bicyclic) bond motifs is 1. The number of benzene rings is 1. The molecule has 1 N–H and O–H groups in total. The van der Waals surface area contributed by atoms with E-state index in [0.717, 1.165) is 5.52 Å². The van der Waals surface area contributed by atoms with Crippen molar-refractivity contribution in [3.05, 3.63) is 24.3 Å². The number of hydrogen-bond acceptors (Lipinski definition) is 1. The second kappa shape index (κ2) is 2.70. The first-order valence-corrected chi connectivity index (χ1v) is 7.94. The predicted octanol–water partition coefficient (Wildman–Crippen LogP) is 1.91. The van der Waals surface area contributed by atoms with Crippen molar-refractivity contribution in [2.75, 3.05) is 0 Å². The maximum atomic E-state index is 4.37. The minimum Gasteiger partial charge on any atom is -0.277 e. The summed E-state index contributed by atoms with van der Waals surface area (Å²) in [5, 5.41) is 9.88. The fourth-order valence-electron chi connectivity index (χ4n) is 1.47. The molecular weight excluding hydrogens is 176 g/mol. The molecule has 67 valence electrons. The molecule has 2 rings (SSSR count). The van der Waals surface area contributed by atoms with Crippen molar-refractivity contribution in [2.24, 2.45) is 0 Å². The first-order chi connectivity index (χ1) is 6.09. The van der Waals surface area contributed by atoms with E-state index in [1.807, 2.05) is 12.1 Å². The fourth-order valence-corrected chi connectivity index (χ4v) is 2.88. The van der Waals surface area contributed by atoms with E-state index in [-0.39, 0.29) is 0 Å². The Bertz CT molecular complexity index is 426. The van der Waals surface area contributed by atoms with Crippen LogP contribution in [0.25, 0.3) is 10.9 Å². The van der Waals surface area contributed by atoms with Crippen LogP contribution in [0, 0.1) is 6.07 Å². The van der Waals surface area contributed by atoms with E-state index in [1.54, 1.807) is 0 Å². The molecule has 13 heavy (non-hydrogen) atoms. The number of aromatic nitrogens is 2. The van der Waals surface area contributed by atoms with Crippen LogP contribution >= 0.6 is 0 Å². The smallest absolute Gasteiger partial charge is 0.104 e.